The lowest BCUT2D eigenvalue weighted by atomic mass is 10.1. The van der Waals surface area contributed by atoms with Gasteiger partial charge in [0.05, 0.1) is 18.0 Å². The highest BCUT2D eigenvalue weighted by Crippen LogP contribution is 2.16. The first kappa shape index (κ1) is 18.6. The van der Waals surface area contributed by atoms with Crippen molar-refractivity contribution in [1.29, 1.82) is 0 Å². The fourth-order valence-corrected chi connectivity index (χ4v) is 3.25. The minimum atomic E-state index is -0.334. The van der Waals surface area contributed by atoms with Crippen molar-refractivity contribution in [3.8, 4) is 0 Å². The standard InChI is InChI=1S/C23H20N4O2/c1-16(18-10-7-13-24-14-18)25-22(28)21-19-11-5-6-12-20(19)23(29)27(26-21)15-17-8-3-2-4-9-17/h2-14,16H,15H2,1H3,(H,25,28)/t16-/m1/s1. The van der Waals surface area contributed by atoms with Gasteiger partial charge in [0.2, 0.25) is 0 Å². The number of hydrogen-bond donors (Lipinski definition) is 1. The summed E-state index contributed by atoms with van der Waals surface area (Å²) in [6.45, 7) is 2.18. The Labute approximate surface area is 167 Å². The van der Waals surface area contributed by atoms with Crippen molar-refractivity contribution in [2.75, 3.05) is 0 Å². The van der Waals surface area contributed by atoms with Crippen molar-refractivity contribution < 1.29 is 4.79 Å². The number of amides is 1. The van der Waals surface area contributed by atoms with Crippen molar-refractivity contribution in [3.05, 3.63) is 106 Å². The minimum Gasteiger partial charge on any atom is -0.344 e. The van der Waals surface area contributed by atoms with Gasteiger partial charge in [-0.1, -0.05) is 54.6 Å². The van der Waals surface area contributed by atoms with E-state index in [-0.39, 0.29) is 23.2 Å². The lowest BCUT2D eigenvalue weighted by Gasteiger charge is -2.15. The Balaban J connectivity index is 1.74. The minimum absolute atomic E-state index is 0.221. The highest BCUT2D eigenvalue weighted by Gasteiger charge is 2.19. The van der Waals surface area contributed by atoms with Gasteiger partial charge in [-0.2, -0.15) is 5.10 Å². The Kier molecular flexibility index (Phi) is 5.16. The number of benzene rings is 2. The summed E-state index contributed by atoms with van der Waals surface area (Å²) in [7, 11) is 0. The molecule has 29 heavy (non-hydrogen) atoms. The van der Waals surface area contributed by atoms with Crippen LogP contribution in [0.3, 0.4) is 0 Å². The van der Waals surface area contributed by atoms with E-state index < -0.39 is 0 Å². The lowest BCUT2D eigenvalue weighted by molar-refractivity contribution is 0.0934. The van der Waals surface area contributed by atoms with Crippen LogP contribution in [0.15, 0.2) is 83.9 Å². The summed E-state index contributed by atoms with van der Waals surface area (Å²) in [4.78, 5) is 30.1. The topological polar surface area (TPSA) is 76.9 Å². The molecular formula is C23H20N4O2. The van der Waals surface area contributed by atoms with E-state index >= 15 is 0 Å². The molecule has 144 valence electrons. The van der Waals surface area contributed by atoms with E-state index in [9.17, 15) is 9.59 Å². The Morgan fingerprint density at radius 3 is 2.45 bits per heavy atom. The first-order valence-corrected chi connectivity index (χ1v) is 9.38. The second-order valence-corrected chi connectivity index (χ2v) is 6.82. The number of aromatic nitrogens is 3. The second-order valence-electron chi connectivity index (χ2n) is 6.82. The second kappa shape index (κ2) is 8.06. The molecule has 6 nitrogen and oxygen atoms in total. The van der Waals surface area contributed by atoms with Crippen molar-refractivity contribution in [1.82, 2.24) is 20.1 Å². The maximum absolute atomic E-state index is 13.0. The zero-order valence-electron chi connectivity index (χ0n) is 15.9. The van der Waals surface area contributed by atoms with Crippen LogP contribution in [0, 0.1) is 0 Å². The number of pyridine rings is 1. The molecule has 0 bridgehead atoms. The molecule has 0 aliphatic carbocycles. The van der Waals surface area contributed by atoms with Gasteiger partial charge in [-0.3, -0.25) is 14.6 Å². The Bertz CT molecular complexity index is 1200. The van der Waals surface area contributed by atoms with Gasteiger partial charge in [-0.25, -0.2) is 4.68 Å². The van der Waals surface area contributed by atoms with Gasteiger partial charge in [0.1, 0.15) is 0 Å². The zero-order valence-corrected chi connectivity index (χ0v) is 15.9. The largest absolute Gasteiger partial charge is 0.344 e. The molecule has 0 spiro atoms. The van der Waals surface area contributed by atoms with E-state index in [4.69, 9.17) is 0 Å². The summed E-state index contributed by atoms with van der Waals surface area (Å²) < 4.78 is 1.35. The third-order valence-electron chi connectivity index (χ3n) is 4.79. The maximum Gasteiger partial charge on any atom is 0.274 e. The molecule has 0 saturated heterocycles. The molecule has 1 amide bonds. The van der Waals surface area contributed by atoms with E-state index in [1.54, 1.807) is 36.7 Å². The van der Waals surface area contributed by atoms with E-state index in [1.807, 2.05) is 49.4 Å². The third kappa shape index (κ3) is 3.91. The normalized spacial score (nSPS) is 11.9. The van der Waals surface area contributed by atoms with Crippen LogP contribution in [0.4, 0.5) is 0 Å². The molecule has 2 heterocycles. The first-order chi connectivity index (χ1) is 14.1. The van der Waals surface area contributed by atoms with Crippen LogP contribution in [0.1, 0.15) is 34.6 Å². The number of carbonyl (C=O) groups is 1. The van der Waals surface area contributed by atoms with Gasteiger partial charge in [-0.05, 0) is 30.2 Å². The highest BCUT2D eigenvalue weighted by molar-refractivity contribution is 6.04. The van der Waals surface area contributed by atoms with Crippen molar-refractivity contribution in [2.45, 2.75) is 19.5 Å². The molecule has 2 aromatic heterocycles. The Morgan fingerprint density at radius 1 is 1.00 bits per heavy atom. The van der Waals surface area contributed by atoms with Crippen LogP contribution in [-0.2, 0) is 6.54 Å². The van der Waals surface area contributed by atoms with Crippen LogP contribution in [-0.4, -0.2) is 20.7 Å². The number of rotatable bonds is 5. The van der Waals surface area contributed by atoms with Crippen molar-refractivity contribution in [3.63, 3.8) is 0 Å². The molecule has 1 atom stereocenters. The summed E-state index contributed by atoms with van der Waals surface area (Å²) in [5.74, 6) is -0.334. The SMILES string of the molecule is C[C@@H](NC(=O)c1nn(Cc2ccccc2)c(=O)c2ccccc12)c1cccnc1. The molecule has 0 fully saturated rings. The molecule has 0 unspecified atom stereocenters. The highest BCUT2D eigenvalue weighted by atomic mass is 16.2. The van der Waals surface area contributed by atoms with Crippen molar-refractivity contribution >= 4 is 16.7 Å². The van der Waals surface area contributed by atoms with E-state index in [1.165, 1.54) is 4.68 Å². The van der Waals surface area contributed by atoms with Gasteiger partial charge in [-0.15, -0.1) is 0 Å². The van der Waals surface area contributed by atoms with Gasteiger partial charge >= 0.3 is 0 Å². The van der Waals surface area contributed by atoms with E-state index in [0.717, 1.165) is 11.1 Å². The van der Waals surface area contributed by atoms with Crippen LogP contribution in [0.2, 0.25) is 0 Å². The van der Waals surface area contributed by atoms with Crippen LogP contribution in [0.5, 0.6) is 0 Å². The smallest absolute Gasteiger partial charge is 0.274 e. The number of nitrogens with one attached hydrogen (secondary N) is 1. The molecule has 6 heteroatoms. The summed E-state index contributed by atoms with van der Waals surface area (Å²) in [6, 6.07) is 20.1. The van der Waals surface area contributed by atoms with Gasteiger partial charge < -0.3 is 5.32 Å². The molecule has 0 aliphatic heterocycles. The van der Waals surface area contributed by atoms with Crippen LogP contribution in [0.25, 0.3) is 10.8 Å². The summed E-state index contributed by atoms with van der Waals surface area (Å²) in [5, 5.41) is 8.39. The fraction of sp³-hybridized carbons (Fsp3) is 0.130. The number of hydrogen-bond acceptors (Lipinski definition) is 4. The summed E-state index contributed by atoms with van der Waals surface area (Å²) in [6.07, 6.45) is 3.40. The molecule has 4 aromatic rings. The van der Waals surface area contributed by atoms with Crippen molar-refractivity contribution in [2.24, 2.45) is 0 Å². The number of carbonyl (C=O) groups excluding carboxylic acids is 1. The molecular weight excluding hydrogens is 364 g/mol. The molecule has 1 N–H and O–H groups in total. The van der Waals surface area contributed by atoms with Gasteiger partial charge in [0, 0.05) is 17.8 Å². The van der Waals surface area contributed by atoms with E-state index in [2.05, 4.69) is 15.4 Å². The summed E-state index contributed by atoms with van der Waals surface area (Å²) >= 11 is 0. The predicted octanol–water partition coefficient (Wildman–Crippen LogP) is 3.33. The number of fused-ring (bicyclic) bond motifs is 1. The average molecular weight is 384 g/mol. The molecule has 0 radical (unpaired) electrons. The molecule has 0 saturated carbocycles. The molecule has 2 aromatic carbocycles. The zero-order chi connectivity index (χ0) is 20.2. The first-order valence-electron chi connectivity index (χ1n) is 9.38. The van der Waals surface area contributed by atoms with Gasteiger partial charge in [0.15, 0.2) is 5.69 Å². The molecule has 4 rings (SSSR count). The fourth-order valence-electron chi connectivity index (χ4n) is 3.25. The quantitative estimate of drug-likeness (QED) is 0.573. The number of nitrogens with zero attached hydrogens (tertiary/aromatic N) is 3. The van der Waals surface area contributed by atoms with Crippen LogP contribution < -0.4 is 10.9 Å². The summed E-state index contributed by atoms with van der Waals surface area (Å²) in [5.41, 5.74) is 1.84. The van der Waals surface area contributed by atoms with E-state index in [0.29, 0.717) is 17.3 Å². The average Bonchev–Trinajstić information content (AvgIpc) is 2.77. The lowest BCUT2D eigenvalue weighted by Crippen LogP contribution is -2.32. The predicted molar refractivity (Wildman–Crippen MR) is 112 cm³/mol. The maximum atomic E-state index is 13.0. The third-order valence-corrected chi connectivity index (χ3v) is 4.79. The van der Waals surface area contributed by atoms with Gasteiger partial charge in [0.25, 0.3) is 11.5 Å². The monoisotopic (exact) mass is 384 g/mol. The molecule has 0 aliphatic rings. The van der Waals surface area contributed by atoms with Crippen LogP contribution >= 0.6 is 0 Å². The Morgan fingerprint density at radius 2 is 1.72 bits per heavy atom. The Hall–Kier alpha value is -3.80.